The largest absolute Gasteiger partial charge is 0.497 e. The molecule has 5 rings (SSSR count). The monoisotopic (exact) mass is 382 g/mol. The number of hydrogen-bond acceptors (Lipinski definition) is 3. The molecular weight excluding hydrogens is 356 g/mol. The lowest BCUT2D eigenvalue weighted by atomic mass is 9.86. The summed E-state index contributed by atoms with van der Waals surface area (Å²) >= 11 is 6.11. The zero-order valence-electron chi connectivity index (χ0n) is 15.9. The Kier molecular flexibility index (Phi) is 4.42. The third kappa shape index (κ3) is 2.97. The van der Waals surface area contributed by atoms with Crippen LogP contribution < -0.4 is 4.74 Å². The van der Waals surface area contributed by atoms with E-state index in [1.165, 1.54) is 50.0 Å². The molecule has 3 saturated heterocycles. The van der Waals surface area contributed by atoms with Gasteiger partial charge in [-0.1, -0.05) is 35.9 Å². The molecule has 4 heteroatoms. The van der Waals surface area contributed by atoms with Crippen molar-refractivity contribution in [2.24, 2.45) is 5.92 Å². The SMILES string of the molecule is COc1ccc(CN2C[C@@H]3C[C@H](c4ccc(Cl)cc4)N4CCC[C@@]34C2)cc1. The van der Waals surface area contributed by atoms with Crippen LogP contribution in [0, 0.1) is 5.92 Å². The third-order valence-electron chi connectivity index (χ3n) is 7.02. The molecule has 0 N–H and O–H groups in total. The van der Waals surface area contributed by atoms with Gasteiger partial charge in [-0.2, -0.15) is 0 Å². The summed E-state index contributed by atoms with van der Waals surface area (Å²) in [4.78, 5) is 5.50. The zero-order valence-corrected chi connectivity index (χ0v) is 16.7. The Morgan fingerprint density at radius 3 is 2.63 bits per heavy atom. The van der Waals surface area contributed by atoms with Gasteiger partial charge in [0.2, 0.25) is 0 Å². The molecule has 27 heavy (non-hydrogen) atoms. The standard InChI is InChI=1S/C23H27ClN2O/c1-27-21-9-3-17(4-10-21)14-25-15-19-13-22(18-5-7-20(24)8-6-18)26-12-2-11-23(19,26)16-25/h3-10,19,22H,2,11-16H2,1H3/t19-,22+,23+/m0/s1. The Labute approximate surface area is 166 Å². The van der Waals surface area contributed by atoms with Crippen molar-refractivity contribution in [3.8, 4) is 5.75 Å². The number of benzene rings is 2. The Balaban J connectivity index is 1.33. The van der Waals surface area contributed by atoms with E-state index in [-0.39, 0.29) is 0 Å². The van der Waals surface area contributed by atoms with E-state index < -0.39 is 0 Å². The fraction of sp³-hybridized carbons (Fsp3) is 0.478. The molecule has 3 aliphatic heterocycles. The summed E-state index contributed by atoms with van der Waals surface area (Å²) in [5, 5.41) is 0.832. The molecule has 142 valence electrons. The molecule has 3 fully saturated rings. The van der Waals surface area contributed by atoms with Gasteiger partial charge < -0.3 is 4.74 Å². The number of ether oxygens (including phenoxy) is 1. The summed E-state index contributed by atoms with van der Waals surface area (Å²) in [6, 6.07) is 17.7. The maximum absolute atomic E-state index is 6.11. The highest BCUT2D eigenvalue weighted by Crippen LogP contribution is 2.55. The quantitative estimate of drug-likeness (QED) is 0.758. The molecule has 0 saturated carbocycles. The van der Waals surface area contributed by atoms with E-state index in [1.807, 2.05) is 12.1 Å². The Bertz CT molecular complexity index is 806. The summed E-state index contributed by atoms with van der Waals surface area (Å²) < 4.78 is 5.29. The molecule has 0 aromatic heterocycles. The molecule has 0 radical (unpaired) electrons. The minimum Gasteiger partial charge on any atom is -0.497 e. The lowest BCUT2D eigenvalue weighted by molar-refractivity contribution is 0.131. The van der Waals surface area contributed by atoms with Crippen molar-refractivity contribution in [1.29, 1.82) is 0 Å². The van der Waals surface area contributed by atoms with Gasteiger partial charge in [0.15, 0.2) is 0 Å². The highest BCUT2D eigenvalue weighted by Gasteiger charge is 2.59. The van der Waals surface area contributed by atoms with Crippen molar-refractivity contribution in [2.75, 3.05) is 26.7 Å². The van der Waals surface area contributed by atoms with Gasteiger partial charge in [0.25, 0.3) is 0 Å². The zero-order chi connectivity index (χ0) is 18.4. The van der Waals surface area contributed by atoms with E-state index in [0.29, 0.717) is 11.6 Å². The van der Waals surface area contributed by atoms with Gasteiger partial charge in [-0.05, 0) is 67.1 Å². The smallest absolute Gasteiger partial charge is 0.118 e. The maximum Gasteiger partial charge on any atom is 0.118 e. The van der Waals surface area contributed by atoms with E-state index in [9.17, 15) is 0 Å². The number of methoxy groups -OCH3 is 1. The molecule has 3 atom stereocenters. The Morgan fingerprint density at radius 1 is 1.11 bits per heavy atom. The molecule has 1 spiro atoms. The van der Waals surface area contributed by atoms with Crippen LogP contribution in [0.1, 0.15) is 36.4 Å². The van der Waals surface area contributed by atoms with Gasteiger partial charge in [0, 0.05) is 36.2 Å². The van der Waals surface area contributed by atoms with Crippen LogP contribution >= 0.6 is 11.6 Å². The molecule has 0 bridgehead atoms. The van der Waals surface area contributed by atoms with Crippen molar-refractivity contribution in [2.45, 2.75) is 37.4 Å². The van der Waals surface area contributed by atoms with Crippen LogP contribution in [0.5, 0.6) is 5.75 Å². The molecule has 0 unspecified atom stereocenters. The van der Waals surface area contributed by atoms with Crippen LogP contribution in [0.25, 0.3) is 0 Å². The minimum atomic E-state index is 0.386. The number of halogens is 1. The molecular formula is C23H27ClN2O. The predicted molar refractivity (Wildman–Crippen MR) is 109 cm³/mol. The average molecular weight is 383 g/mol. The molecule has 2 aromatic rings. The predicted octanol–water partition coefficient (Wildman–Crippen LogP) is 4.76. The second kappa shape index (κ2) is 6.80. The number of likely N-dealkylation sites (tertiary alicyclic amines) is 1. The number of nitrogens with zero attached hydrogens (tertiary/aromatic N) is 2. The van der Waals surface area contributed by atoms with Gasteiger partial charge >= 0.3 is 0 Å². The van der Waals surface area contributed by atoms with E-state index in [4.69, 9.17) is 16.3 Å². The number of hydrogen-bond donors (Lipinski definition) is 0. The first-order chi connectivity index (χ1) is 13.2. The van der Waals surface area contributed by atoms with Crippen molar-refractivity contribution in [3.05, 3.63) is 64.7 Å². The first-order valence-corrected chi connectivity index (χ1v) is 10.4. The van der Waals surface area contributed by atoms with Gasteiger partial charge in [-0.25, -0.2) is 0 Å². The summed E-state index contributed by atoms with van der Waals surface area (Å²) in [6.07, 6.45) is 3.96. The van der Waals surface area contributed by atoms with Crippen LogP contribution in [0.3, 0.4) is 0 Å². The molecule has 3 nitrogen and oxygen atoms in total. The second-order valence-corrected chi connectivity index (χ2v) is 8.85. The van der Waals surface area contributed by atoms with Crippen LogP contribution in [0.15, 0.2) is 48.5 Å². The molecule has 3 heterocycles. The first-order valence-electron chi connectivity index (χ1n) is 10.1. The maximum atomic E-state index is 6.11. The van der Waals surface area contributed by atoms with Crippen LogP contribution in [-0.2, 0) is 6.54 Å². The van der Waals surface area contributed by atoms with Gasteiger partial charge in [0.1, 0.15) is 5.75 Å². The van der Waals surface area contributed by atoms with Gasteiger partial charge in [0.05, 0.1) is 7.11 Å². The van der Waals surface area contributed by atoms with Crippen molar-refractivity contribution in [1.82, 2.24) is 9.80 Å². The Hall–Kier alpha value is -1.55. The second-order valence-electron chi connectivity index (χ2n) is 8.42. The summed E-state index contributed by atoms with van der Waals surface area (Å²) in [5.41, 5.74) is 3.21. The van der Waals surface area contributed by atoms with E-state index in [2.05, 4.69) is 46.2 Å². The fourth-order valence-corrected chi connectivity index (χ4v) is 5.99. The summed E-state index contributed by atoms with van der Waals surface area (Å²) in [7, 11) is 1.72. The molecule has 0 aliphatic carbocycles. The summed E-state index contributed by atoms with van der Waals surface area (Å²) in [5.74, 6) is 1.71. The normalized spacial score (nSPS) is 30.4. The van der Waals surface area contributed by atoms with Crippen LogP contribution in [0.2, 0.25) is 5.02 Å². The first kappa shape index (κ1) is 17.5. The minimum absolute atomic E-state index is 0.386. The van der Waals surface area contributed by atoms with E-state index in [0.717, 1.165) is 23.2 Å². The van der Waals surface area contributed by atoms with Crippen molar-refractivity contribution in [3.63, 3.8) is 0 Å². The van der Waals surface area contributed by atoms with Crippen LogP contribution in [-0.4, -0.2) is 42.1 Å². The van der Waals surface area contributed by atoms with E-state index in [1.54, 1.807) is 7.11 Å². The molecule has 3 aliphatic rings. The van der Waals surface area contributed by atoms with Crippen molar-refractivity contribution < 1.29 is 4.74 Å². The topological polar surface area (TPSA) is 15.7 Å². The number of rotatable bonds is 4. The lowest BCUT2D eigenvalue weighted by Crippen LogP contribution is -2.45. The third-order valence-corrected chi connectivity index (χ3v) is 7.27. The lowest BCUT2D eigenvalue weighted by Gasteiger charge is -2.35. The van der Waals surface area contributed by atoms with Crippen LogP contribution in [0.4, 0.5) is 0 Å². The Morgan fingerprint density at radius 2 is 1.89 bits per heavy atom. The average Bonchev–Trinajstić information content (AvgIpc) is 3.31. The van der Waals surface area contributed by atoms with Gasteiger partial charge in [-0.3, -0.25) is 9.80 Å². The summed E-state index contributed by atoms with van der Waals surface area (Å²) in [6.45, 7) is 4.70. The van der Waals surface area contributed by atoms with E-state index >= 15 is 0 Å². The highest BCUT2D eigenvalue weighted by molar-refractivity contribution is 6.30. The molecule has 0 amide bonds. The fourth-order valence-electron chi connectivity index (χ4n) is 5.86. The molecule has 2 aromatic carbocycles. The highest BCUT2D eigenvalue weighted by atomic mass is 35.5. The van der Waals surface area contributed by atoms with Gasteiger partial charge in [-0.15, -0.1) is 0 Å². The van der Waals surface area contributed by atoms with Crippen molar-refractivity contribution >= 4 is 11.6 Å².